The topological polar surface area (TPSA) is 110 Å². The molecule has 0 heterocycles. The number of hydrogen-bond acceptors (Lipinski definition) is 5. The van der Waals surface area contributed by atoms with E-state index in [1.54, 1.807) is 0 Å². The first-order chi connectivity index (χ1) is 30.5. The fourth-order valence-electron chi connectivity index (χ4n) is 9.35. The molecule has 0 aromatic rings. The van der Waals surface area contributed by atoms with Crippen LogP contribution in [-0.2, 0) is 4.79 Å². The quantitative estimate of drug-likeness (QED) is 0.0391. The van der Waals surface area contributed by atoms with E-state index >= 15 is 0 Å². The second-order valence-corrected chi connectivity index (χ2v) is 20.0. The van der Waals surface area contributed by atoms with Crippen molar-refractivity contribution in [2.75, 3.05) is 6.61 Å². The molecular formula is C56H113NO5. The summed E-state index contributed by atoms with van der Waals surface area (Å²) >= 11 is 0. The van der Waals surface area contributed by atoms with E-state index in [0.29, 0.717) is 12.8 Å². The maximum absolute atomic E-state index is 12.6. The summed E-state index contributed by atoms with van der Waals surface area (Å²) in [5.41, 5.74) is 0. The summed E-state index contributed by atoms with van der Waals surface area (Å²) in [6.07, 6.45) is 59.0. The van der Waals surface area contributed by atoms with Crippen molar-refractivity contribution in [1.82, 2.24) is 5.32 Å². The number of hydrogen-bond donors (Lipinski definition) is 5. The number of nitrogens with one attached hydrogen (secondary N) is 1. The Kier molecular flexibility index (Phi) is 50.7. The zero-order chi connectivity index (χ0) is 45.2. The lowest BCUT2D eigenvalue weighted by atomic mass is 9.99. The van der Waals surface area contributed by atoms with Gasteiger partial charge in [-0.25, -0.2) is 0 Å². The molecule has 0 saturated heterocycles. The Labute approximate surface area is 388 Å². The molecule has 0 bridgehead atoms. The van der Waals surface area contributed by atoms with Gasteiger partial charge in [-0.15, -0.1) is 0 Å². The molecule has 4 atom stereocenters. The minimum Gasteiger partial charge on any atom is -0.394 e. The molecule has 0 fully saturated rings. The van der Waals surface area contributed by atoms with Crippen LogP contribution in [0.3, 0.4) is 0 Å². The Hall–Kier alpha value is -0.690. The van der Waals surface area contributed by atoms with Crippen LogP contribution in [0, 0.1) is 0 Å². The Bertz CT molecular complexity index is 856. The van der Waals surface area contributed by atoms with Gasteiger partial charge in [0.15, 0.2) is 0 Å². The van der Waals surface area contributed by atoms with Crippen LogP contribution < -0.4 is 5.32 Å². The molecule has 0 spiro atoms. The van der Waals surface area contributed by atoms with Crippen LogP contribution in [0.15, 0.2) is 0 Å². The molecule has 0 aromatic carbocycles. The summed E-state index contributed by atoms with van der Waals surface area (Å²) in [5, 5.41) is 43.9. The van der Waals surface area contributed by atoms with Gasteiger partial charge >= 0.3 is 0 Å². The minimum atomic E-state index is -1.25. The maximum atomic E-state index is 12.6. The molecule has 0 aromatic heterocycles. The Morgan fingerprint density at radius 3 is 0.774 bits per heavy atom. The van der Waals surface area contributed by atoms with Gasteiger partial charge in [0.2, 0.25) is 5.91 Å². The second-order valence-electron chi connectivity index (χ2n) is 20.0. The highest BCUT2D eigenvalue weighted by molar-refractivity contribution is 5.80. The summed E-state index contributed by atoms with van der Waals surface area (Å²) in [7, 11) is 0. The average molecular weight is 881 g/mol. The predicted molar refractivity (Wildman–Crippen MR) is 270 cm³/mol. The zero-order valence-corrected chi connectivity index (χ0v) is 42.2. The highest BCUT2D eigenvalue weighted by atomic mass is 16.3. The number of carbonyl (C=O) groups is 1. The summed E-state index contributed by atoms with van der Waals surface area (Å²) in [5.74, 6) is -0.576. The number of aliphatic hydroxyl groups excluding tert-OH is 4. The van der Waals surface area contributed by atoms with Crippen molar-refractivity contribution in [3.05, 3.63) is 0 Å². The van der Waals surface area contributed by atoms with Crippen LogP contribution in [0.4, 0.5) is 0 Å². The number of unbranched alkanes of at least 4 members (excludes halogenated alkanes) is 44. The molecule has 372 valence electrons. The number of rotatable bonds is 53. The third-order valence-corrected chi connectivity index (χ3v) is 13.8. The average Bonchev–Trinajstić information content (AvgIpc) is 3.28. The van der Waals surface area contributed by atoms with Crippen LogP contribution in [0.2, 0.25) is 0 Å². The molecule has 0 rings (SSSR count). The first-order valence-corrected chi connectivity index (χ1v) is 28.4. The number of aliphatic hydroxyl groups is 4. The SMILES string of the molecule is CCCCCCCCCCCCCCCCCCCCCCCCCCCCCCCCCCC(O)C(=O)NC(CO)C(O)C(O)CCCCCCCCCCCCCCCC. The monoisotopic (exact) mass is 880 g/mol. The highest BCUT2D eigenvalue weighted by Gasteiger charge is 2.28. The van der Waals surface area contributed by atoms with E-state index in [4.69, 9.17) is 0 Å². The van der Waals surface area contributed by atoms with Crippen molar-refractivity contribution in [3.8, 4) is 0 Å². The molecule has 6 heteroatoms. The van der Waals surface area contributed by atoms with Crippen LogP contribution in [-0.4, -0.2) is 57.3 Å². The first-order valence-electron chi connectivity index (χ1n) is 28.4. The number of carbonyl (C=O) groups excluding carboxylic acids is 1. The van der Waals surface area contributed by atoms with Crippen LogP contribution >= 0.6 is 0 Å². The third-order valence-electron chi connectivity index (χ3n) is 13.8. The molecule has 62 heavy (non-hydrogen) atoms. The summed E-state index contributed by atoms with van der Waals surface area (Å²) in [4.78, 5) is 12.6. The largest absolute Gasteiger partial charge is 0.394 e. The summed E-state index contributed by atoms with van der Waals surface area (Å²) < 4.78 is 0. The van der Waals surface area contributed by atoms with Crippen molar-refractivity contribution in [2.24, 2.45) is 0 Å². The Balaban J connectivity index is 3.51. The maximum Gasteiger partial charge on any atom is 0.249 e. The van der Waals surface area contributed by atoms with Crippen molar-refractivity contribution >= 4 is 5.91 Å². The smallest absolute Gasteiger partial charge is 0.249 e. The lowest BCUT2D eigenvalue weighted by Crippen LogP contribution is -2.53. The molecule has 0 aliphatic rings. The molecule has 0 saturated carbocycles. The lowest BCUT2D eigenvalue weighted by Gasteiger charge is -2.27. The predicted octanol–water partition coefficient (Wildman–Crippen LogP) is 16.3. The van der Waals surface area contributed by atoms with Gasteiger partial charge in [-0.3, -0.25) is 4.79 Å². The molecule has 5 N–H and O–H groups in total. The van der Waals surface area contributed by atoms with Gasteiger partial charge in [0.05, 0.1) is 18.8 Å². The molecule has 4 unspecified atom stereocenters. The van der Waals surface area contributed by atoms with Gasteiger partial charge in [-0.1, -0.05) is 309 Å². The summed E-state index contributed by atoms with van der Waals surface area (Å²) in [6, 6.07) is -0.980. The lowest BCUT2D eigenvalue weighted by molar-refractivity contribution is -0.132. The van der Waals surface area contributed by atoms with Crippen molar-refractivity contribution in [3.63, 3.8) is 0 Å². The fourth-order valence-corrected chi connectivity index (χ4v) is 9.35. The van der Waals surface area contributed by atoms with E-state index < -0.39 is 36.9 Å². The van der Waals surface area contributed by atoms with Gasteiger partial charge in [0.1, 0.15) is 12.2 Å². The molecule has 1 amide bonds. The third kappa shape index (κ3) is 44.5. The molecule has 0 aliphatic heterocycles. The van der Waals surface area contributed by atoms with Crippen LogP contribution in [0.1, 0.15) is 322 Å². The summed E-state index contributed by atoms with van der Waals surface area (Å²) in [6.45, 7) is 4.09. The molecule has 6 nitrogen and oxygen atoms in total. The van der Waals surface area contributed by atoms with E-state index in [1.807, 2.05) is 0 Å². The van der Waals surface area contributed by atoms with E-state index in [2.05, 4.69) is 19.2 Å². The van der Waals surface area contributed by atoms with Crippen molar-refractivity contribution < 1.29 is 25.2 Å². The van der Waals surface area contributed by atoms with Gasteiger partial charge in [0, 0.05) is 0 Å². The highest BCUT2D eigenvalue weighted by Crippen LogP contribution is 2.19. The zero-order valence-electron chi connectivity index (χ0n) is 42.2. The van der Waals surface area contributed by atoms with Gasteiger partial charge < -0.3 is 25.7 Å². The second kappa shape index (κ2) is 51.3. The van der Waals surface area contributed by atoms with E-state index in [0.717, 1.165) is 38.5 Å². The van der Waals surface area contributed by atoms with E-state index in [-0.39, 0.29) is 0 Å². The normalized spacial score (nSPS) is 13.7. The van der Waals surface area contributed by atoms with Gasteiger partial charge in [-0.2, -0.15) is 0 Å². The van der Waals surface area contributed by atoms with Crippen molar-refractivity contribution in [2.45, 2.75) is 346 Å². The molecule has 0 aliphatic carbocycles. The molecule has 0 radical (unpaired) electrons. The number of amides is 1. The standard InChI is InChI=1S/C56H113NO5/c1-3-5-7-9-11-13-15-17-19-20-21-22-23-24-25-26-27-28-29-30-31-32-33-34-35-36-38-40-42-44-46-48-50-54(60)56(62)57-52(51-58)55(61)53(59)49-47-45-43-41-39-37-18-16-14-12-10-8-6-4-2/h52-55,58-61H,3-51H2,1-2H3,(H,57,62). The van der Waals surface area contributed by atoms with E-state index in [1.165, 1.54) is 257 Å². The van der Waals surface area contributed by atoms with Gasteiger partial charge in [0.25, 0.3) is 0 Å². The van der Waals surface area contributed by atoms with E-state index in [9.17, 15) is 25.2 Å². The van der Waals surface area contributed by atoms with Crippen molar-refractivity contribution in [1.29, 1.82) is 0 Å². The minimum absolute atomic E-state index is 0.376. The van der Waals surface area contributed by atoms with Gasteiger partial charge in [-0.05, 0) is 12.8 Å². The van der Waals surface area contributed by atoms with Crippen LogP contribution in [0.5, 0.6) is 0 Å². The molecular weight excluding hydrogens is 767 g/mol. The Morgan fingerprint density at radius 2 is 0.548 bits per heavy atom. The Morgan fingerprint density at radius 1 is 0.339 bits per heavy atom. The fraction of sp³-hybridized carbons (Fsp3) is 0.982. The van der Waals surface area contributed by atoms with Crippen LogP contribution in [0.25, 0.3) is 0 Å². The first kappa shape index (κ1) is 61.3.